The Morgan fingerprint density at radius 1 is 1.28 bits per heavy atom. The minimum Gasteiger partial charge on any atom is -0.313 e. The molecule has 0 saturated carbocycles. The SMILES string of the molecule is Cc1cc(S(=O)(=O)N2CCNCC2c2cccc(Cl)c2)ccc1C#N. The number of benzene rings is 2. The van der Waals surface area contributed by atoms with Crippen molar-refractivity contribution in [1.29, 1.82) is 5.26 Å². The van der Waals surface area contributed by atoms with Gasteiger partial charge in [0.05, 0.1) is 22.6 Å². The lowest BCUT2D eigenvalue weighted by atomic mass is 10.1. The van der Waals surface area contributed by atoms with Crippen LogP contribution in [0.25, 0.3) is 0 Å². The van der Waals surface area contributed by atoms with Crippen LogP contribution in [0.3, 0.4) is 0 Å². The van der Waals surface area contributed by atoms with Gasteiger partial charge in [0, 0.05) is 24.7 Å². The number of nitrogens with one attached hydrogen (secondary N) is 1. The summed E-state index contributed by atoms with van der Waals surface area (Å²) in [6.45, 7) is 3.22. The van der Waals surface area contributed by atoms with E-state index in [4.69, 9.17) is 16.9 Å². The number of sulfonamides is 1. The molecule has 7 heteroatoms. The second-order valence-corrected chi connectivity index (χ2v) is 8.31. The minimum atomic E-state index is -3.68. The number of rotatable bonds is 3. The summed E-state index contributed by atoms with van der Waals surface area (Å²) in [7, 11) is -3.68. The molecule has 0 spiro atoms. The summed E-state index contributed by atoms with van der Waals surface area (Å²) < 4.78 is 27.9. The van der Waals surface area contributed by atoms with Gasteiger partial charge in [-0.2, -0.15) is 9.57 Å². The fourth-order valence-corrected chi connectivity index (χ4v) is 4.93. The Morgan fingerprint density at radius 3 is 2.76 bits per heavy atom. The van der Waals surface area contributed by atoms with E-state index in [1.165, 1.54) is 10.4 Å². The largest absolute Gasteiger partial charge is 0.313 e. The molecule has 0 bridgehead atoms. The average Bonchev–Trinajstić information content (AvgIpc) is 2.61. The quantitative estimate of drug-likeness (QED) is 0.895. The average molecular weight is 376 g/mol. The first kappa shape index (κ1) is 17.9. The van der Waals surface area contributed by atoms with E-state index in [1.807, 2.05) is 12.1 Å². The molecule has 5 nitrogen and oxygen atoms in total. The Morgan fingerprint density at radius 2 is 2.08 bits per heavy atom. The fraction of sp³-hybridized carbons (Fsp3) is 0.278. The van der Waals surface area contributed by atoms with Gasteiger partial charge >= 0.3 is 0 Å². The van der Waals surface area contributed by atoms with Crippen molar-refractivity contribution in [3.63, 3.8) is 0 Å². The van der Waals surface area contributed by atoms with E-state index < -0.39 is 10.0 Å². The monoisotopic (exact) mass is 375 g/mol. The molecule has 1 saturated heterocycles. The molecule has 130 valence electrons. The summed E-state index contributed by atoms with van der Waals surface area (Å²) in [6.07, 6.45) is 0. The standard InChI is InChI=1S/C18H18ClN3O2S/c1-13-9-17(6-5-15(13)11-20)25(23,24)22-8-7-21-12-18(22)14-3-2-4-16(19)10-14/h2-6,9-10,18,21H,7-8,12H2,1H3. The highest BCUT2D eigenvalue weighted by Crippen LogP contribution is 2.30. The van der Waals surface area contributed by atoms with Crippen LogP contribution in [0.2, 0.25) is 5.02 Å². The van der Waals surface area contributed by atoms with Crippen molar-refractivity contribution in [3.8, 4) is 6.07 Å². The Kier molecular flexibility index (Phi) is 5.11. The number of nitriles is 1. The summed E-state index contributed by atoms with van der Waals surface area (Å²) in [5.74, 6) is 0. The van der Waals surface area contributed by atoms with Crippen molar-refractivity contribution in [1.82, 2.24) is 9.62 Å². The first-order valence-corrected chi connectivity index (χ1v) is 9.74. The maximum absolute atomic E-state index is 13.2. The van der Waals surface area contributed by atoms with Crippen molar-refractivity contribution in [2.24, 2.45) is 0 Å². The molecule has 1 aliphatic rings. The van der Waals surface area contributed by atoms with Crippen molar-refractivity contribution in [2.75, 3.05) is 19.6 Å². The van der Waals surface area contributed by atoms with Gasteiger partial charge in [-0.1, -0.05) is 23.7 Å². The van der Waals surface area contributed by atoms with Crippen LogP contribution in [-0.4, -0.2) is 32.4 Å². The highest BCUT2D eigenvalue weighted by Gasteiger charge is 2.34. The summed E-state index contributed by atoms with van der Waals surface area (Å²) >= 11 is 6.08. The van der Waals surface area contributed by atoms with E-state index in [2.05, 4.69) is 11.4 Å². The third kappa shape index (κ3) is 3.55. The van der Waals surface area contributed by atoms with Crippen molar-refractivity contribution >= 4 is 21.6 Å². The molecule has 3 rings (SSSR count). The zero-order chi connectivity index (χ0) is 18.0. The van der Waals surface area contributed by atoms with Gasteiger partial charge in [0.2, 0.25) is 10.0 Å². The molecular formula is C18H18ClN3O2S. The zero-order valence-electron chi connectivity index (χ0n) is 13.7. The third-order valence-electron chi connectivity index (χ3n) is 4.35. The molecule has 1 N–H and O–H groups in total. The van der Waals surface area contributed by atoms with E-state index in [9.17, 15) is 8.42 Å². The summed E-state index contributed by atoms with van der Waals surface area (Å²) in [5.41, 5.74) is 1.98. The van der Waals surface area contributed by atoms with Gasteiger partial charge in [0.15, 0.2) is 0 Å². The highest BCUT2D eigenvalue weighted by molar-refractivity contribution is 7.89. The van der Waals surface area contributed by atoms with E-state index in [0.29, 0.717) is 35.8 Å². The first-order valence-electron chi connectivity index (χ1n) is 7.92. The molecule has 1 fully saturated rings. The van der Waals surface area contributed by atoms with Gasteiger partial charge in [0.25, 0.3) is 0 Å². The van der Waals surface area contributed by atoms with Crippen LogP contribution in [0, 0.1) is 18.3 Å². The Labute approximate surface area is 152 Å². The predicted octanol–water partition coefficient (Wildman–Crippen LogP) is 2.86. The van der Waals surface area contributed by atoms with Crippen LogP contribution in [0.1, 0.15) is 22.7 Å². The third-order valence-corrected chi connectivity index (χ3v) is 6.49. The van der Waals surface area contributed by atoms with Gasteiger partial charge < -0.3 is 5.32 Å². The van der Waals surface area contributed by atoms with Gasteiger partial charge in [0.1, 0.15) is 0 Å². The van der Waals surface area contributed by atoms with Crippen molar-refractivity contribution in [3.05, 3.63) is 64.2 Å². The molecule has 25 heavy (non-hydrogen) atoms. The summed E-state index contributed by atoms with van der Waals surface area (Å²) in [4.78, 5) is 0.206. The van der Waals surface area contributed by atoms with Gasteiger partial charge in [-0.3, -0.25) is 0 Å². The highest BCUT2D eigenvalue weighted by atomic mass is 35.5. The van der Waals surface area contributed by atoms with Crippen LogP contribution in [0.4, 0.5) is 0 Å². The smallest absolute Gasteiger partial charge is 0.243 e. The number of hydrogen-bond acceptors (Lipinski definition) is 4. The number of aryl methyl sites for hydroxylation is 1. The van der Waals surface area contributed by atoms with E-state index in [-0.39, 0.29) is 10.9 Å². The summed E-state index contributed by atoms with van der Waals surface area (Å²) in [6, 6.07) is 13.6. The zero-order valence-corrected chi connectivity index (χ0v) is 15.3. The fourth-order valence-electron chi connectivity index (χ4n) is 3.03. The van der Waals surface area contributed by atoms with Gasteiger partial charge in [-0.25, -0.2) is 8.42 Å². The first-order chi connectivity index (χ1) is 11.9. The van der Waals surface area contributed by atoms with Gasteiger partial charge in [-0.05, 0) is 48.4 Å². The number of piperazine rings is 1. The van der Waals surface area contributed by atoms with E-state index in [1.54, 1.807) is 31.2 Å². The molecule has 0 radical (unpaired) electrons. The Hall–Kier alpha value is -1.91. The van der Waals surface area contributed by atoms with Crippen LogP contribution in [0.15, 0.2) is 47.4 Å². The van der Waals surface area contributed by atoms with Crippen LogP contribution in [0.5, 0.6) is 0 Å². The van der Waals surface area contributed by atoms with Crippen LogP contribution in [-0.2, 0) is 10.0 Å². The molecule has 1 aliphatic heterocycles. The Balaban J connectivity index is 2.02. The maximum Gasteiger partial charge on any atom is 0.243 e. The van der Waals surface area contributed by atoms with Crippen LogP contribution >= 0.6 is 11.6 Å². The van der Waals surface area contributed by atoms with Gasteiger partial charge in [-0.15, -0.1) is 0 Å². The number of nitrogens with zero attached hydrogens (tertiary/aromatic N) is 2. The molecule has 1 unspecified atom stereocenters. The predicted molar refractivity (Wildman–Crippen MR) is 96.8 cm³/mol. The normalized spacial score (nSPS) is 18.7. The van der Waals surface area contributed by atoms with E-state index in [0.717, 1.165) is 5.56 Å². The lowest BCUT2D eigenvalue weighted by Gasteiger charge is -2.35. The lowest BCUT2D eigenvalue weighted by molar-refractivity contribution is 0.271. The number of halogens is 1. The topological polar surface area (TPSA) is 73.2 Å². The second kappa shape index (κ2) is 7.14. The molecule has 2 aromatic rings. The number of hydrogen-bond donors (Lipinski definition) is 1. The molecule has 0 aromatic heterocycles. The minimum absolute atomic E-state index is 0.206. The molecule has 1 atom stereocenters. The maximum atomic E-state index is 13.2. The second-order valence-electron chi connectivity index (χ2n) is 5.98. The van der Waals surface area contributed by atoms with Crippen molar-refractivity contribution in [2.45, 2.75) is 17.9 Å². The molecule has 1 heterocycles. The molecule has 0 aliphatic carbocycles. The lowest BCUT2D eigenvalue weighted by Crippen LogP contribution is -2.48. The Bertz CT molecular complexity index is 938. The molecule has 0 amide bonds. The van der Waals surface area contributed by atoms with Crippen molar-refractivity contribution < 1.29 is 8.42 Å². The molecular weight excluding hydrogens is 358 g/mol. The summed E-state index contributed by atoms with van der Waals surface area (Å²) in [5, 5.41) is 12.9. The van der Waals surface area contributed by atoms with Crippen LogP contribution < -0.4 is 5.32 Å². The van der Waals surface area contributed by atoms with E-state index >= 15 is 0 Å². The molecule has 2 aromatic carbocycles.